The fraction of sp³-hybridized carbons (Fsp3) is 0.0588. The van der Waals surface area contributed by atoms with E-state index in [9.17, 15) is 14.4 Å². The molecule has 0 fully saturated rings. The molecule has 0 aliphatic heterocycles. The van der Waals surface area contributed by atoms with Gasteiger partial charge < -0.3 is 10.6 Å². The van der Waals surface area contributed by atoms with E-state index >= 15 is 0 Å². The molecule has 0 aliphatic carbocycles. The van der Waals surface area contributed by atoms with Crippen LogP contribution in [0, 0.1) is 0 Å². The van der Waals surface area contributed by atoms with Crippen LogP contribution in [0.1, 0.15) is 27.6 Å². The smallest absolute Gasteiger partial charge is 0.274 e. The second kappa shape index (κ2) is 8.70. The molecule has 0 saturated carbocycles. The fourth-order valence-corrected chi connectivity index (χ4v) is 2.23. The van der Waals surface area contributed by atoms with E-state index in [1.165, 1.54) is 24.5 Å². The first-order valence-corrected chi connectivity index (χ1v) is 7.84. The van der Waals surface area contributed by atoms with Gasteiger partial charge in [-0.2, -0.15) is 0 Å². The monoisotopic (exact) mass is 372 g/mol. The Labute approximate surface area is 154 Å². The van der Waals surface area contributed by atoms with Crippen LogP contribution < -0.4 is 21.4 Å². The van der Waals surface area contributed by atoms with Crippen molar-refractivity contribution in [1.82, 2.24) is 10.8 Å². The highest BCUT2D eigenvalue weighted by Gasteiger charge is 2.09. The van der Waals surface area contributed by atoms with Crippen molar-refractivity contribution in [3.05, 3.63) is 59.7 Å². The van der Waals surface area contributed by atoms with Gasteiger partial charge in [0.05, 0.1) is 0 Å². The van der Waals surface area contributed by atoms with Crippen LogP contribution in [-0.4, -0.2) is 28.0 Å². The second-order valence-electron chi connectivity index (χ2n) is 5.19. The van der Waals surface area contributed by atoms with Gasteiger partial charge in [0.15, 0.2) is 5.11 Å². The third kappa shape index (κ3) is 5.36. The number of nitrogens with one attached hydrogen (secondary N) is 4. The van der Waals surface area contributed by atoms with E-state index in [2.05, 4.69) is 16.0 Å². The topological polar surface area (TPSA) is 120 Å². The lowest BCUT2D eigenvalue weighted by Crippen LogP contribution is -2.34. The number of carbonyl (C=O) groups is 3. The number of anilines is 2. The van der Waals surface area contributed by atoms with Crippen LogP contribution in [0.15, 0.2) is 48.5 Å². The highest BCUT2D eigenvalue weighted by Crippen LogP contribution is 2.11. The van der Waals surface area contributed by atoms with E-state index in [0.717, 1.165) is 0 Å². The molecule has 8 nitrogen and oxygen atoms in total. The molecule has 0 heterocycles. The number of amides is 3. The maximum Gasteiger partial charge on any atom is 0.274 e. The Balaban J connectivity index is 1.93. The molecule has 5 N–H and O–H groups in total. The maximum absolute atomic E-state index is 12.2. The second-order valence-corrected chi connectivity index (χ2v) is 5.59. The Kier molecular flexibility index (Phi) is 6.36. The van der Waals surface area contributed by atoms with E-state index in [4.69, 9.17) is 17.4 Å². The molecule has 0 saturated heterocycles. The van der Waals surface area contributed by atoms with Gasteiger partial charge in [0.2, 0.25) is 5.91 Å². The molecule has 2 aromatic carbocycles. The number of hydrogen-bond acceptors (Lipinski definition) is 5. The first kappa shape index (κ1) is 19.0. The van der Waals surface area contributed by atoms with E-state index in [1.54, 1.807) is 36.4 Å². The van der Waals surface area contributed by atoms with Crippen LogP contribution in [0.25, 0.3) is 0 Å². The van der Waals surface area contributed by atoms with Crippen LogP contribution in [-0.2, 0) is 4.79 Å². The summed E-state index contributed by atoms with van der Waals surface area (Å²) < 4.78 is 0. The summed E-state index contributed by atoms with van der Waals surface area (Å²) in [6.07, 6.45) is 0. The lowest BCUT2D eigenvalue weighted by molar-refractivity contribution is -0.114. The molecule has 0 bridgehead atoms. The summed E-state index contributed by atoms with van der Waals surface area (Å²) in [4.78, 5) is 34.4. The van der Waals surface area contributed by atoms with Crippen molar-refractivity contribution in [3.8, 4) is 0 Å². The summed E-state index contributed by atoms with van der Waals surface area (Å²) in [5.74, 6) is -1.24. The SMILES string of the molecule is CC(=O)Nc1ccc(C(=O)NC(=S)Nc2ccc(C(=O)NO)cc2)cc1. The first-order valence-electron chi connectivity index (χ1n) is 7.43. The summed E-state index contributed by atoms with van der Waals surface area (Å²) in [6, 6.07) is 12.5. The zero-order chi connectivity index (χ0) is 19.1. The van der Waals surface area contributed by atoms with Gasteiger partial charge in [0, 0.05) is 29.4 Å². The lowest BCUT2D eigenvalue weighted by atomic mass is 10.2. The molecule has 0 atom stereocenters. The Morgan fingerprint density at radius 1 is 0.808 bits per heavy atom. The summed E-state index contributed by atoms with van der Waals surface area (Å²) in [5.41, 5.74) is 3.32. The molecule has 3 amide bonds. The Morgan fingerprint density at radius 3 is 1.73 bits per heavy atom. The largest absolute Gasteiger partial charge is 0.332 e. The minimum Gasteiger partial charge on any atom is -0.332 e. The highest BCUT2D eigenvalue weighted by atomic mass is 32.1. The fourth-order valence-electron chi connectivity index (χ4n) is 2.02. The van der Waals surface area contributed by atoms with Crippen molar-refractivity contribution >= 4 is 46.4 Å². The highest BCUT2D eigenvalue weighted by molar-refractivity contribution is 7.80. The van der Waals surface area contributed by atoms with Gasteiger partial charge in [-0.05, 0) is 60.7 Å². The zero-order valence-electron chi connectivity index (χ0n) is 13.7. The molecule has 0 unspecified atom stereocenters. The van der Waals surface area contributed by atoms with E-state index < -0.39 is 11.8 Å². The van der Waals surface area contributed by atoms with Gasteiger partial charge in [0.25, 0.3) is 11.8 Å². The standard InChI is InChI=1S/C17H16N4O4S/c1-10(22)18-13-6-2-11(3-7-13)15(23)20-17(26)19-14-8-4-12(5-9-14)16(24)21-25/h2-9,25H,1H3,(H,18,22)(H,21,24)(H2,19,20,23,26). The molecule has 2 rings (SSSR count). The van der Waals surface area contributed by atoms with Crippen molar-refractivity contribution < 1.29 is 19.6 Å². The third-order valence-electron chi connectivity index (χ3n) is 3.20. The number of thiocarbonyl (C=S) groups is 1. The molecule has 0 aliphatic rings. The molecule has 134 valence electrons. The Hall–Kier alpha value is -3.30. The molecular weight excluding hydrogens is 356 g/mol. The number of carbonyl (C=O) groups excluding carboxylic acids is 3. The van der Waals surface area contributed by atoms with Crippen molar-refractivity contribution in [2.24, 2.45) is 0 Å². The summed E-state index contributed by atoms with van der Waals surface area (Å²) in [7, 11) is 0. The van der Waals surface area contributed by atoms with Crippen molar-refractivity contribution in [1.29, 1.82) is 0 Å². The normalized spacial score (nSPS) is 9.77. The lowest BCUT2D eigenvalue weighted by Gasteiger charge is -2.10. The molecule has 0 spiro atoms. The maximum atomic E-state index is 12.2. The Bertz CT molecular complexity index is 835. The number of benzene rings is 2. The average molecular weight is 372 g/mol. The van der Waals surface area contributed by atoms with Crippen molar-refractivity contribution in [2.45, 2.75) is 6.92 Å². The molecular formula is C17H16N4O4S. The summed E-state index contributed by atoms with van der Waals surface area (Å²) in [6.45, 7) is 1.40. The number of hydroxylamine groups is 1. The zero-order valence-corrected chi connectivity index (χ0v) is 14.5. The van der Waals surface area contributed by atoms with Crippen molar-refractivity contribution in [2.75, 3.05) is 10.6 Å². The van der Waals surface area contributed by atoms with Gasteiger partial charge in [-0.1, -0.05) is 0 Å². The van der Waals surface area contributed by atoms with E-state index in [0.29, 0.717) is 16.9 Å². The minimum atomic E-state index is -0.630. The van der Waals surface area contributed by atoms with Crippen LogP contribution in [0.5, 0.6) is 0 Å². The summed E-state index contributed by atoms with van der Waals surface area (Å²) >= 11 is 5.08. The van der Waals surface area contributed by atoms with Crippen LogP contribution in [0.2, 0.25) is 0 Å². The van der Waals surface area contributed by atoms with Gasteiger partial charge >= 0.3 is 0 Å². The average Bonchev–Trinajstić information content (AvgIpc) is 2.61. The van der Waals surface area contributed by atoms with Gasteiger partial charge in [-0.25, -0.2) is 5.48 Å². The molecule has 0 aromatic heterocycles. The van der Waals surface area contributed by atoms with Crippen LogP contribution in [0.4, 0.5) is 11.4 Å². The van der Waals surface area contributed by atoms with Crippen LogP contribution >= 0.6 is 12.2 Å². The Morgan fingerprint density at radius 2 is 1.27 bits per heavy atom. The van der Waals surface area contributed by atoms with Crippen molar-refractivity contribution in [3.63, 3.8) is 0 Å². The molecule has 26 heavy (non-hydrogen) atoms. The van der Waals surface area contributed by atoms with Crippen LogP contribution in [0.3, 0.4) is 0 Å². The van der Waals surface area contributed by atoms with Gasteiger partial charge in [0.1, 0.15) is 0 Å². The molecule has 0 radical (unpaired) electrons. The minimum absolute atomic E-state index is 0.0836. The first-order chi connectivity index (χ1) is 12.4. The molecule has 9 heteroatoms. The predicted octanol–water partition coefficient (Wildman–Crippen LogP) is 1.89. The quantitative estimate of drug-likeness (QED) is 0.318. The van der Waals surface area contributed by atoms with E-state index in [-0.39, 0.29) is 16.6 Å². The predicted molar refractivity (Wildman–Crippen MR) is 100 cm³/mol. The number of rotatable bonds is 4. The van der Waals surface area contributed by atoms with Gasteiger partial charge in [-0.3, -0.25) is 24.9 Å². The summed E-state index contributed by atoms with van der Waals surface area (Å²) in [5, 5.41) is 16.6. The molecule has 2 aromatic rings. The number of hydrogen-bond donors (Lipinski definition) is 5. The van der Waals surface area contributed by atoms with E-state index in [1.807, 2.05) is 0 Å². The third-order valence-corrected chi connectivity index (χ3v) is 3.41. The van der Waals surface area contributed by atoms with Gasteiger partial charge in [-0.15, -0.1) is 0 Å².